The molecule has 1 saturated heterocycles. The summed E-state index contributed by atoms with van der Waals surface area (Å²) in [5.41, 5.74) is 5.74. The third-order valence-corrected chi connectivity index (χ3v) is 5.95. The fraction of sp³-hybridized carbons (Fsp3) is 0.391. The van der Waals surface area contributed by atoms with Crippen LogP contribution in [0, 0.1) is 0 Å². The number of benzene rings is 1. The van der Waals surface area contributed by atoms with Crippen LogP contribution in [0.1, 0.15) is 41.5 Å². The standard InChI is InChI=1S/C23H25N3O2/c27-23(25-14-16-6-7-24-22(10-16)26-8-1-2-9-26)13-19-15-28-21-12-18-5-3-4-17(18)11-20(19)21/h6-7,10-12,15H,1-5,8-9,13-14H2,(H,25,27). The number of rotatable bonds is 5. The van der Waals surface area contributed by atoms with Crippen molar-refractivity contribution in [3.8, 4) is 0 Å². The van der Waals surface area contributed by atoms with Crippen molar-refractivity contribution in [2.24, 2.45) is 0 Å². The second kappa shape index (κ2) is 7.30. The first-order valence-electron chi connectivity index (χ1n) is 10.2. The van der Waals surface area contributed by atoms with Crippen molar-refractivity contribution < 1.29 is 9.21 Å². The van der Waals surface area contributed by atoms with Gasteiger partial charge in [-0.05, 0) is 73.1 Å². The van der Waals surface area contributed by atoms with Gasteiger partial charge in [0.2, 0.25) is 5.91 Å². The fourth-order valence-corrected chi connectivity index (χ4v) is 4.41. The number of aryl methyl sites for hydroxylation is 2. The van der Waals surface area contributed by atoms with E-state index < -0.39 is 0 Å². The predicted octanol–water partition coefficient (Wildman–Crippen LogP) is 3.78. The second-order valence-corrected chi connectivity index (χ2v) is 7.90. The van der Waals surface area contributed by atoms with Gasteiger partial charge in [-0.2, -0.15) is 0 Å². The van der Waals surface area contributed by atoms with Crippen LogP contribution in [0.2, 0.25) is 0 Å². The number of amides is 1. The van der Waals surface area contributed by atoms with E-state index in [2.05, 4.69) is 33.4 Å². The molecule has 1 fully saturated rings. The third kappa shape index (κ3) is 3.37. The molecule has 144 valence electrons. The molecule has 3 aromatic rings. The first kappa shape index (κ1) is 17.3. The Kier molecular flexibility index (Phi) is 4.51. The number of furan rings is 1. The van der Waals surface area contributed by atoms with Crippen LogP contribution in [0.25, 0.3) is 11.0 Å². The smallest absolute Gasteiger partial charge is 0.224 e. The average Bonchev–Trinajstić information content (AvgIpc) is 3.46. The number of nitrogens with zero attached hydrogens (tertiary/aromatic N) is 2. The lowest BCUT2D eigenvalue weighted by Gasteiger charge is -2.17. The van der Waals surface area contributed by atoms with Gasteiger partial charge in [-0.15, -0.1) is 0 Å². The molecule has 5 heteroatoms. The van der Waals surface area contributed by atoms with Gasteiger partial charge in [-0.1, -0.05) is 0 Å². The lowest BCUT2D eigenvalue weighted by molar-refractivity contribution is -0.120. The number of carbonyl (C=O) groups excluding carboxylic acids is 1. The van der Waals surface area contributed by atoms with E-state index in [1.54, 1.807) is 6.26 Å². The van der Waals surface area contributed by atoms with Crippen LogP contribution in [0.5, 0.6) is 0 Å². The molecule has 0 spiro atoms. The Morgan fingerprint density at radius 2 is 1.93 bits per heavy atom. The highest BCUT2D eigenvalue weighted by atomic mass is 16.3. The van der Waals surface area contributed by atoms with Crippen molar-refractivity contribution >= 4 is 22.7 Å². The number of hydrogen-bond donors (Lipinski definition) is 1. The zero-order valence-corrected chi connectivity index (χ0v) is 16.0. The van der Waals surface area contributed by atoms with Crippen molar-refractivity contribution in [3.05, 3.63) is 59.0 Å². The van der Waals surface area contributed by atoms with Gasteiger partial charge in [0.05, 0.1) is 12.7 Å². The van der Waals surface area contributed by atoms with E-state index in [0.717, 1.165) is 53.8 Å². The predicted molar refractivity (Wildman–Crippen MR) is 109 cm³/mol. The minimum Gasteiger partial charge on any atom is -0.464 e. The number of nitrogens with one attached hydrogen (secondary N) is 1. The van der Waals surface area contributed by atoms with E-state index in [9.17, 15) is 4.79 Å². The molecule has 5 nitrogen and oxygen atoms in total. The zero-order chi connectivity index (χ0) is 18.9. The molecular formula is C23H25N3O2. The molecule has 5 rings (SSSR count). The van der Waals surface area contributed by atoms with Gasteiger partial charge in [0.25, 0.3) is 0 Å². The SMILES string of the molecule is O=C(Cc1coc2cc3c(cc12)CCC3)NCc1ccnc(N2CCCC2)c1. The minimum atomic E-state index is 0.0164. The number of fused-ring (bicyclic) bond motifs is 2. The topological polar surface area (TPSA) is 58.4 Å². The van der Waals surface area contributed by atoms with Gasteiger partial charge in [-0.3, -0.25) is 4.79 Å². The van der Waals surface area contributed by atoms with E-state index >= 15 is 0 Å². The summed E-state index contributed by atoms with van der Waals surface area (Å²) < 4.78 is 5.72. The molecule has 0 bridgehead atoms. The first-order valence-corrected chi connectivity index (χ1v) is 10.2. The maximum absolute atomic E-state index is 12.5. The fourth-order valence-electron chi connectivity index (χ4n) is 4.41. The molecular weight excluding hydrogens is 350 g/mol. The molecule has 1 N–H and O–H groups in total. The summed E-state index contributed by atoms with van der Waals surface area (Å²) >= 11 is 0. The van der Waals surface area contributed by atoms with Crippen molar-refractivity contribution in [2.75, 3.05) is 18.0 Å². The van der Waals surface area contributed by atoms with Crippen molar-refractivity contribution in [2.45, 2.75) is 45.1 Å². The van der Waals surface area contributed by atoms with Gasteiger partial charge in [0, 0.05) is 36.8 Å². The lowest BCUT2D eigenvalue weighted by atomic mass is 10.0. The Bertz CT molecular complexity index is 1020. The number of pyridine rings is 1. The van der Waals surface area contributed by atoms with E-state index in [0.29, 0.717) is 13.0 Å². The summed E-state index contributed by atoms with van der Waals surface area (Å²) in [6.07, 6.45) is 9.83. The summed E-state index contributed by atoms with van der Waals surface area (Å²) in [7, 11) is 0. The van der Waals surface area contributed by atoms with Crippen LogP contribution < -0.4 is 10.2 Å². The normalized spacial score (nSPS) is 15.9. The molecule has 1 aliphatic heterocycles. The molecule has 28 heavy (non-hydrogen) atoms. The van der Waals surface area contributed by atoms with Gasteiger partial charge >= 0.3 is 0 Å². The van der Waals surface area contributed by atoms with E-state index in [4.69, 9.17) is 4.42 Å². The number of hydrogen-bond acceptors (Lipinski definition) is 4. The minimum absolute atomic E-state index is 0.0164. The van der Waals surface area contributed by atoms with Crippen LogP contribution >= 0.6 is 0 Å². The van der Waals surface area contributed by atoms with E-state index in [1.807, 2.05) is 12.3 Å². The molecule has 2 aliphatic rings. The molecule has 3 heterocycles. The molecule has 1 amide bonds. The van der Waals surface area contributed by atoms with Crippen LogP contribution in [0.15, 0.2) is 41.1 Å². The molecule has 0 unspecified atom stereocenters. The molecule has 2 aromatic heterocycles. The molecule has 1 aromatic carbocycles. The Morgan fingerprint density at radius 3 is 2.79 bits per heavy atom. The lowest BCUT2D eigenvalue weighted by Crippen LogP contribution is -2.25. The first-order chi connectivity index (χ1) is 13.8. The maximum Gasteiger partial charge on any atom is 0.224 e. The summed E-state index contributed by atoms with van der Waals surface area (Å²) in [6.45, 7) is 2.66. The highest BCUT2D eigenvalue weighted by Gasteiger charge is 2.17. The third-order valence-electron chi connectivity index (χ3n) is 5.95. The molecule has 1 aliphatic carbocycles. The summed E-state index contributed by atoms with van der Waals surface area (Å²) in [5, 5.41) is 4.12. The highest BCUT2D eigenvalue weighted by molar-refractivity contribution is 5.88. The van der Waals surface area contributed by atoms with E-state index in [-0.39, 0.29) is 5.91 Å². The Morgan fingerprint density at radius 1 is 1.11 bits per heavy atom. The summed E-state index contributed by atoms with van der Waals surface area (Å²) in [5.74, 6) is 1.03. The second-order valence-electron chi connectivity index (χ2n) is 7.90. The summed E-state index contributed by atoms with van der Waals surface area (Å²) in [6, 6.07) is 8.42. The highest BCUT2D eigenvalue weighted by Crippen LogP contribution is 2.30. The van der Waals surface area contributed by atoms with Crippen molar-refractivity contribution in [1.29, 1.82) is 0 Å². The Labute approximate surface area is 164 Å². The van der Waals surface area contributed by atoms with E-state index in [1.165, 1.54) is 30.4 Å². The number of anilines is 1. The van der Waals surface area contributed by atoms with Crippen LogP contribution in [0.4, 0.5) is 5.82 Å². The van der Waals surface area contributed by atoms with Gasteiger partial charge in [0.1, 0.15) is 11.4 Å². The zero-order valence-electron chi connectivity index (χ0n) is 16.0. The Balaban J connectivity index is 1.24. The maximum atomic E-state index is 12.5. The summed E-state index contributed by atoms with van der Waals surface area (Å²) in [4.78, 5) is 19.3. The van der Waals surface area contributed by atoms with Gasteiger partial charge < -0.3 is 14.6 Å². The van der Waals surface area contributed by atoms with Crippen molar-refractivity contribution in [1.82, 2.24) is 10.3 Å². The van der Waals surface area contributed by atoms with Crippen LogP contribution in [-0.4, -0.2) is 24.0 Å². The Hall–Kier alpha value is -2.82. The molecule has 0 radical (unpaired) electrons. The quantitative estimate of drug-likeness (QED) is 0.737. The molecule has 0 saturated carbocycles. The van der Waals surface area contributed by atoms with Crippen molar-refractivity contribution in [3.63, 3.8) is 0 Å². The molecule has 0 atom stereocenters. The largest absolute Gasteiger partial charge is 0.464 e. The van der Waals surface area contributed by atoms with Gasteiger partial charge in [-0.25, -0.2) is 4.98 Å². The van der Waals surface area contributed by atoms with Gasteiger partial charge in [0.15, 0.2) is 0 Å². The monoisotopic (exact) mass is 375 g/mol. The van der Waals surface area contributed by atoms with Crippen LogP contribution in [-0.2, 0) is 30.6 Å². The number of carbonyl (C=O) groups is 1. The number of aromatic nitrogens is 1. The average molecular weight is 375 g/mol. The van der Waals surface area contributed by atoms with Crippen LogP contribution in [0.3, 0.4) is 0 Å².